The third-order valence-corrected chi connectivity index (χ3v) is 7.74. The summed E-state index contributed by atoms with van der Waals surface area (Å²) >= 11 is 0. The largest absolute Gasteiger partial charge is 0.454 e. The highest BCUT2D eigenvalue weighted by atomic mass is 16.7. The number of nitrogens with one attached hydrogen (secondary N) is 4. The van der Waals surface area contributed by atoms with Gasteiger partial charge in [0, 0.05) is 48.5 Å². The van der Waals surface area contributed by atoms with Gasteiger partial charge in [-0.2, -0.15) is 0 Å². The Bertz CT molecular complexity index is 2100. The zero-order chi connectivity index (χ0) is 38.2. The van der Waals surface area contributed by atoms with E-state index in [0.717, 1.165) is 12.1 Å². The molecule has 54 heavy (non-hydrogen) atoms. The van der Waals surface area contributed by atoms with Crippen LogP contribution in [0.3, 0.4) is 0 Å². The smallest absolute Gasteiger partial charge is 0.270 e. The molecule has 274 valence electrons. The van der Waals surface area contributed by atoms with Crippen LogP contribution in [0.5, 0.6) is 23.0 Å². The molecule has 4 N–H and O–H groups in total. The topological polar surface area (TPSA) is 240 Å². The minimum absolute atomic E-state index is 0.0111. The van der Waals surface area contributed by atoms with Crippen LogP contribution in [0.1, 0.15) is 31.8 Å². The van der Waals surface area contributed by atoms with Gasteiger partial charge in [-0.1, -0.05) is 24.3 Å². The molecule has 6 rings (SSSR count). The zero-order valence-corrected chi connectivity index (χ0v) is 27.9. The van der Waals surface area contributed by atoms with Crippen molar-refractivity contribution in [1.82, 2.24) is 21.3 Å². The highest BCUT2D eigenvalue weighted by molar-refractivity contribution is 6.06. The van der Waals surface area contributed by atoms with Crippen LogP contribution in [0, 0.1) is 20.2 Å². The van der Waals surface area contributed by atoms with Crippen molar-refractivity contribution in [2.45, 2.75) is 0 Å². The van der Waals surface area contributed by atoms with Gasteiger partial charge < -0.3 is 40.2 Å². The number of hydrogen-bond acceptors (Lipinski definition) is 12. The number of nitrogens with zero attached hydrogens (tertiary/aromatic N) is 2. The number of carbonyl (C=O) groups is 4. The molecule has 18 nitrogen and oxygen atoms in total. The Morgan fingerprint density at radius 1 is 0.574 bits per heavy atom. The predicted octanol–water partition coefficient (Wildman–Crippen LogP) is 3.43. The highest BCUT2D eigenvalue weighted by Crippen LogP contribution is 2.34. The van der Waals surface area contributed by atoms with E-state index < -0.39 is 33.5 Å². The number of amides is 4. The van der Waals surface area contributed by atoms with Crippen molar-refractivity contribution in [2.75, 3.05) is 26.7 Å². The minimum atomic E-state index is -0.799. The van der Waals surface area contributed by atoms with Gasteiger partial charge in [-0.15, -0.1) is 0 Å². The normalized spacial score (nSPS) is 12.7. The van der Waals surface area contributed by atoms with Crippen LogP contribution in [-0.4, -0.2) is 60.2 Å². The first-order valence-electron chi connectivity index (χ1n) is 15.9. The van der Waals surface area contributed by atoms with E-state index in [1.54, 1.807) is 36.4 Å². The molecule has 0 fully saturated rings. The Kier molecular flexibility index (Phi) is 10.7. The Hall–Kier alpha value is -7.76. The van der Waals surface area contributed by atoms with Crippen LogP contribution in [0.25, 0.3) is 12.2 Å². The van der Waals surface area contributed by atoms with Gasteiger partial charge in [-0.25, -0.2) is 0 Å². The van der Waals surface area contributed by atoms with Gasteiger partial charge in [0.15, 0.2) is 23.0 Å². The van der Waals surface area contributed by atoms with Crippen molar-refractivity contribution in [3.63, 3.8) is 0 Å². The molecular weight excluding hydrogens is 708 g/mol. The lowest BCUT2D eigenvalue weighted by molar-refractivity contribution is -0.385. The van der Waals surface area contributed by atoms with E-state index in [2.05, 4.69) is 21.3 Å². The SMILES string of the molecule is O=C(NCCNC(=O)/C(=C/c1ccc2c(c1)OCO2)NC(=O)c1cccc([N+](=O)[O-])c1)/C(=C/c1ccc2c(c1)OCO2)NC(=O)c1cccc([N+](=O)[O-])c1. The molecule has 0 unspecified atom stereocenters. The second-order valence-corrected chi connectivity index (χ2v) is 11.4. The Labute approximate surface area is 304 Å². The summed E-state index contributed by atoms with van der Waals surface area (Å²) in [6.45, 7) is -0.300. The van der Waals surface area contributed by atoms with Crippen LogP contribution in [0.2, 0.25) is 0 Å². The molecule has 0 bridgehead atoms. The Balaban J connectivity index is 1.16. The standard InChI is InChI=1S/C36H28N6O12/c43-33(23-3-1-5-25(17-23)41(47)48)39-27(13-21-7-9-29-31(15-21)53-19-51-29)35(45)37-11-12-38-36(46)28(14-22-8-10-30-32(16-22)54-20-52-30)40-34(44)24-4-2-6-26(18-24)42(49)50/h1-10,13-18H,11-12,19-20H2,(H,37,45)(H,38,46)(H,39,43)(H,40,44)/b27-13-,28-14-. The van der Waals surface area contributed by atoms with Crippen LogP contribution in [0.4, 0.5) is 11.4 Å². The van der Waals surface area contributed by atoms with Crippen LogP contribution < -0.4 is 40.2 Å². The zero-order valence-electron chi connectivity index (χ0n) is 27.9. The first-order valence-corrected chi connectivity index (χ1v) is 15.9. The predicted molar refractivity (Wildman–Crippen MR) is 188 cm³/mol. The average molecular weight is 737 g/mol. The van der Waals surface area contributed by atoms with Crippen molar-refractivity contribution in [3.8, 4) is 23.0 Å². The third kappa shape index (κ3) is 8.75. The number of hydrogen-bond donors (Lipinski definition) is 4. The molecule has 0 radical (unpaired) electrons. The van der Waals surface area contributed by atoms with Crippen molar-refractivity contribution < 1.29 is 48.0 Å². The summed E-state index contributed by atoms with van der Waals surface area (Å²) in [5, 5.41) is 32.7. The van der Waals surface area contributed by atoms with Gasteiger partial charge in [-0.3, -0.25) is 39.4 Å². The number of non-ortho nitro benzene ring substituents is 2. The third-order valence-electron chi connectivity index (χ3n) is 7.74. The highest BCUT2D eigenvalue weighted by Gasteiger charge is 2.21. The van der Waals surface area contributed by atoms with Crippen molar-refractivity contribution in [2.24, 2.45) is 0 Å². The lowest BCUT2D eigenvalue weighted by atomic mass is 10.1. The molecular formula is C36H28N6O12. The molecule has 0 aliphatic carbocycles. The average Bonchev–Trinajstić information content (AvgIpc) is 3.85. The van der Waals surface area contributed by atoms with Crippen LogP contribution in [0.15, 0.2) is 96.3 Å². The maximum absolute atomic E-state index is 13.4. The summed E-state index contributed by atoms with van der Waals surface area (Å²) in [4.78, 5) is 74.2. The number of nitro groups is 2. The fourth-order valence-electron chi connectivity index (χ4n) is 5.11. The number of carbonyl (C=O) groups excluding carboxylic acids is 4. The number of ether oxygens (including phenoxy) is 4. The Morgan fingerprint density at radius 2 is 0.981 bits per heavy atom. The van der Waals surface area contributed by atoms with E-state index in [9.17, 15) is 39.4 Å². The lowest BCUT2D eigenvalue weighted by Gasteiger charge is -2.13. The molecule has 0 spiro atoms. The molecule has 4 aromatic rings. The van der Waals surface area contributed by atoms with E-state index in [1.807, 2.05) is 0 Å². The second kappa shape index (κ2) is 16.1. The number of nitro benzene ring substituents is 2. The molecule has 0 saturated heterocycles. The fourth-order valence-corrected chi connectivity index (χ4v) is 5.11. The van der Waals surface area contributed by atoms with E-state index >= 15 is 0 Å². The van der Waals surface area contributed by atoms with Crippen LogP contribution >= 0.6 is 0 Å². The van der Waals surface area contributed by atoms with Crippen molar-refractivity contribution in [3.05, 3.63) is 139 Å². The maximum atomic E-state index is 13.4. The molecule has 4 aromatic carbocycles. The number of fused-ring (bicyclic) bond motifs is 2. The van der Waals surface area contributed by atoms with E-state index in [-0.39, 0.29) is 60.6 Å². The summed E-state index contributed by atoms with van der Waals surface area (Å²) in [5.74, 6) is -1.33. The molecule has 2 heterocycles. The lowest BCUT2D eigenvalue weighted by Crippen LogP contribution is -2.41. The second-order valence-electron chi connectivity index (χ2n) is 11.4. The first kappa shape index (κ1) is 36.0. The monoisotopic (exact) mass is 736 g/mol. The molecule has 2 aliphatic rings. The van der Waals surface area contributed by atoms with Gasteiger partial charge in [0.05, 0.1) is 9.85 Å². The first-order chi connectivity index (χ1) is 26.0. The van der Waals surface area contributed by atoms with Gasteiger partial charge in [0.25, 0.3) is 35.0 Å². The summed E-state index contributed by atoms with van der Waals surface area (Å²) in [6, 6.07) is 19.6. The minimum Gasteiger partial charge on any atom is -0.454 e. The maximum Gasteiger partial charge on any atom is 0.270 e. The van der Waals surface area contributed by atoms with E-state index in [0.29, 0.717) is 34.1 Å². The Morgan fingerprint density at radius 3 is 1.39 bits per heavy atom. The quantitative estimate of drug-likeness (QED) is 0.0668. The van der Waals surface area contributed by atoms with E-state index in [1.165, 1.54) is 48.6 Å². The van der Waals surface area contributed by atoms with E-state index in [4.69, 9.17) is 18.9 Å². The van der Waals surface area contributed by atoms with Crippen molar-refractivity contribution >= 4 is 47.2 Å². The molecule has 4 amide bonds. The van der Waals surface area contributed by atoms with Gasteiger partial charge in [0.1, 0.15) is 11.4 Å². The number of rotatable bonds is 13. The molecule has 0 atom stereocenters. The molecule has 0 saturated carbocycles. The molecule has 2 aliphatic heterocycles. The summed E-state index contributed by atoms with van der Waals surface area (Å²) in [7, 11) is 0. The summed E-state index contributed by atoms with van der Waals surface area (Å²) in [5.41, 5.74) is -0.349. The molecule has 18 heteroatoms. The number of benzene rings is 4. The van der Waals surface area contributed by atoms with Gasteiger partial charge >= 0.3 is 0 Å². The fraction of sp³-hybridized carbons (Fsp3) is 0.111. The summed E-state index contributed by atoms with van der Waals surface area (Å²) in [6.07, 6.45) is 2.72. The summed E-state index contributed by atoms with van der Waals surface area (Å²) < 4.78 is 21.4. The van der Waals surface area contributed by atoms with Crippen LogP contribution in [-0.2, 0) is 9.59 Å². The van der Waals surface area contributed by atoms with Gasteiger partial charge in [0.2, 0.25) is 13.6 Å². The van der Waals surface area contributed by atoms with Crippen molar-refractivity contribution in [1.29, 1.82) is 0 Å². The molecule has 0 aromatic heterocycles. The van der Waals surface area contributed by atoms with Gasteiger partial charge in [-0.05, 0) is 59.7 Å².